The van der Waals surface area contributed by atoms with Gasteiger partial charge in [0.15, 0.2) is 5.16 Å². The van der Waals surface area contributed by atoms with Crippen LogP contribution in [-0.2, 0) is 27.3 Å². The van der Waals surface area contributed by atoms with E-state index >= 15 is 0 Å². The average molecular weight is 501 g/mol. The third-order valence-corrected chi connectivity index (χ3v) is 8.15. The van der Waals surface area contributed by atoms with Gasteiger partial charge in [0, 0.05) is 11.3 Å². The molecule has 0 spiro atoms. The highest BCUT2D eigenvalue weighted by Gasteiger charge is 2.29. The van der Waals surface area contributed by atoms with Crippen LogP contribution < -0.4 is 5.56 Å². The molecule has 2 aromatic heterocycles. The summed E-state index contributed by atoms with van der Waals surface area (Å²) in [4.78, 5) is 33.0. The molecule has 8 heteroatoms. The number of aryl methyl sites for hydroxylation is 1. The lowest BCUT2D eigenvalue weighted by Crippen LogP contribution is -2.28. The quantitative estimate of drug-likeness (QED) is 0.163. The standard InChI is InChI=1S/C26H32N2O4S2/c1-5-6-9-12-31-22(29)15-33-26-27-24-23(18-13-20(16(2)3)32-14-21(18)34-24)25(30)28(26)19-11-8-7-10-17(19)4/h7-8,10-11,16,20H,5-6,9,12-15H2,1-4H3/t20-/m1/s1. The monoisotopic (exact) mass is 500 g/mol. The van der Waals surface area contributed by atoms with Crippen molar-refractivity contribution in [2.75, 3.05) is 12.4 Å². The summed E-state index contributed by atoms with van der Waals surface area (Å²) in [5.74, 6) is 0.192. The second kappa shape index (κ2) is 11.1. The van der Waals surface area contributed by atoms with Gasteiger partial charge in [0.1, 0.15) is 4.83 Å². The fourth-order valence-corrected chi connectivity index (χ4v) is 6.13. The number of esters is 1. The summed E-state index contributed by atoms with van der Waals surface area (Å²) in [5, 5.41) is 1.20. The molecule has 3 aromatic rings. The Morgan fingerprint density at radius 3 is 2.85 bits per heavy atom. The van der Waals surface area contributed by atoms with Crippen molar-refractivity contribution in [3.8, 4) is 5.69 Å². The van der Waals surface area contributed by atoms with Gasteiger partial charge in [0.25, 0.3) is 5.56 Å². The molecule has 1 aromatic carbocycles. The Hall–Kier alpha value is -2.16. The van der Waals surface area contributed by atoms with Crippen LogP contribution in [0, 0.1) is 12.8 Å². The molecule has 34 heavy (non-hydrogen) atoms. The number of benzene rings is 1. The van der Waals surface area contributed by atoms with Crippen LogP contribution >= 0.6 is 23.1 Å². The van der Waals surface area contributed by atoms with Gasteiger partial charge in [-0.25, -0.2) is 4.98 Å². The van der Waals surface area contributed by atoms with Crippen molar-refractivity contribution in [3.63, 3.8) is 0 Å². The molecule has 0 N–H and O–H groups in total. The molecule has 1 aliphatic heterocycles. The number of nitrogens with zero attached hydrogens (tertiary/aromatic N) is 2. The lowest BCUT2D eigenvalue weighted by Gasteiger charge is -2.26. The van der Waals surface area contributed by atoms with Crippen LogP contribution in [0.2, 0.25) is 0 Å². The molecular weight excluding hydrogens is 468 g/mol. The largest absolute Gasteiger partial charge is 0.465 e. The number of para-hydroxylation sites is 1. The molecule has 0 saturated carbocycles. The van der Waals surface area contributed by atoms with E-state index in [2.05, 4.69) is 20.8 Å². The van der Waals surface area contributed by atoms with Gasteiger partial charge in [-0.3, -0.25) is 14.2 Å². The van der Waals surface area contributed by atoms with Crippen molar-refractivity contribution in [2.45, 2.75) is 71.2 Å². The number of hydrogen-bond donors (Lipinski definition) is 0. The first-order valence-electron chi connectivity index (χ1n) is 11.9. The summed E-state index contributed by atoms with van der Waals surface area (Å²) >= 11 is 2.78. The maximum absolute atomic E-state index is 14.0. The lowest BCUT2D eigenvalue weighted by atomic mass is 9.96. The van der Waals surface area contributed by atoms with Gasteiger partial charge < -0.3 is 9.47 Å². The van der Waals surface area contributed by atoms with Gasteiger partial charge in [-0.2, -0.15) is 0 Å². The van der Waals surface area contributed by atoms with Crippen LogP contribution in [0.3, 0.4) is 0 Å². The minimum absolute atomic E-state index is 0.0833. The third-order valence-electron chi connectivity index (χ3n) is 6.14. The van der Waals surface area contributed by atoms with Gasteiger partial charge in [-0.1, -0.05) is 63.6 Å². The van der Waals surface area contributed by atoms with Crippen molar-refractivity contribution in [3.05, 3.63) is 50.6 Å². The zero-order valence-electron chi connectivity index (χ0n) is 20.3. The van der Waals surface area contributed by atoms with E-state index in [-0.39, 0.29) is 23.4 Å². The zero-order chi connectivity index (χ0) is 24.2. The summed E-state index contributed by atoms with van der Waals surface area (Å²) in [6.45, 7) is 9.32. The topological polar surface area (TPSA) is 70.4 Å². The molecule has 1 aliphatic rings. The van der Waals surface area contributed by atoms with E-state index in [0.717, 1.165) is 41.0 Å². The summed E-state index contributed by atoms with van der Waals surface area (Å²) < 4.78 is 13.1. The Morgan fingerprint density at radius 2 is 2.12 bits per heavy atom. The highest BCUT2D eigenvalue weighted by atomic mass is 32.2. The molecule has 0 radical (unpaired) electrons. The number of unbranched alkanes of at least 4 members (excludes halogenated alkanes) is 2. The summed E-state index contributed by atoms with van der Waals surface area (Å²) in [5.41, 5.74) is 2.74. The fourth-order valence-electron chi connectivity index (χ4n) is 4.16. The van der Waals surface area contributed by atoms with Crippen LogP contribution in [-0.4, -0.2) is 34.0 Å². The van der Waals surface area contributed by atoms with E-state index in [1.165, 1.54) is 23.1 Å². The van der Waals surface area contributed by atoms with E-state index in [0.29, 0.717) is 40.9 Å². The van der Waals surface area contributed by atoms with E-state index in [1.54, 1.807) is 4.57 Å². The number of hydrogen-bond acceptors (Lipinski definition) is 7. The molecule has 0 fully saturated rings. The highest BCUT2D eigenvalue weighted by molar-refractivity contribution is 7.99. The molecule has 3 heterocycles. The molecule has 0 aliphatic carbocycles. The van der Waals surface area contributed by atoms with E-state index in [9.17, 15) is 9.59 Å². The lowest BCUT2D eigenvalue weighted by molar-refractivity contribution is -0.140. The molecule has 182 valence electrons. The number of thioether (sulfide) groups is 1. The maximum atomic E-state index is 14.0. The van der Waals surface area contributed by atoms with Gasteiger partial charge in [0.05, 0.1) is 36.1 Å². The number of aromatic nitrogens is 2. The molecule has 4 rings (SSSR count). The Kier molecular flexibility index (Phi) is 8.11. The molecule has 0 unspecified atom stereocenters. The summed E-state index contributed by atoms with van der Waals surface area (Å²) in [6.07, 6.45) is 3.79. The number of carbonyl (C=O) groups is 1. The molecular formula is C26H32N2O4S2. The van der Waals surface area contributed by atoms with Crippen molar-refractivity contribution in [1.29, 1.82) is 0 Å². The second-order valence-corrected chi connectivity index (χ2v) is 11.0. The maximum Gasteiger partial charge on any atom is 0.316 e. The average Bonchev–Trinajstić information content (AvgIpc) is 3.19. The second-order valence-electron chi connectivity index (χ2n) is 9.02. The molecule has 1 atom stereocenters. The van der Waals surface area contributed by atoms with Gasteiger partial charge in [0.2, 0.25) is 0 Å². The fraction of sp³-hybridized carbons (Fsp3) is 0.500. The number of carbonyl (C=O) groups excluding carboxylic acids is 1. The number of fused-ring (bicyclic) bond motifs is 3. The Bertz CT molecular complexity index is 1230. The molecule has 0 saturated heterocycles. The van der Waals surface area contributed by atoms with Crippen LogP contribution in [0.1, 0.15) is 56.0 Å². The Labute approximate surface area is 208 Å². The van der Waals surface area contributed by atoms with Gasteiger partial charge in [-0.05, 0) is 36.5 Å². The van der Waals surface area contributed by atoms with Gasteiger partial charge >= 0.3 is 5.97 Å². The summed E-state index contributed by atoms with van der Waals surface area (Å²) in [6, 6.07) is 7.78. The van der Waals surface area contributed by atoms with E-state index in [1.807, 2.05) is 31.2 Å². The Morgan fingerprint density at radius 1 is 1.32 bits per heavy atom. The minimum atomic E-state index is -0.287. The van der Waals surface area contributed by atoms with Crippen LogP contribution in [0.15, 0.2) is 34.2 Å². The van der Waals surface area contributed by atoms with Crippen molar-refractivity contribution >= 4 is 39.3 Å². The predicted molar refractivity (Wildman–Crippen MR) is 138 cm³/mol. The minimum Gasteiger partial charge on any atom is -0.465 e. The molecule has 0 bridgehead atoms. The highest BCUT2D eigenvalue weighted by Crippen LogP contribution is 2.36. The Balaban J connectivity index is 1.73. The smallest absolute Gasteiger partial charge is 0.316 e. The van der Waals surface area contributed by atoms with Crippen LogP contribution in [0.5, 0.6) is 0 Å². The number of thiophene rings is 1. The first kappa shape index (κ1) is 24.9. The van der Waals surface area contributed by atoms with Crippen molar-refractivity contribution < 1.29 is 14.3 Å². The van der Waals surface area contributed by atoms with E-state index < -0.39 is 0 Å². The first-order chi connectivity index (χ1) is 16.4. The molecule has 6 nitrogen and oxygen atoms in total. The SMILES string of the molecule is CCCCCOC(=O)CSc1nc2sc3c(c2c(=O)n1-c1ccccc1C)C[C@H](C(C)C)OC3. The third kappa shape index (κ3) is 5.24. The molecule has 0 amide bonds. The zero-order valence-corrected chi connectivity index (χ0v) is 21.9. The van der Waals surface area contributed by atoms with E-state index in [4.69, 9.17) is 14.5 Å². The van der Waals surface area contributed by atoms with Gasteiger partial charge in [-0.15, -0.1) is 11.3 Å². The number of ether oxygens (including phenoxy) is 2. The first-order valence-corrected chi connectivity index (χ1v) is 13.7. The van der Waals surface area contributed by atoms with Crippen molar-refractivity contribution in [1.82, 2.24) is 9.55 Å². The van der Waals surface area contributed by atoms with Crippen LogP contribution in [0.25, 0.3) is 15.9 Å². The van der Waals surface area contributed by atoms with Crippen molar-refractivity contribution in [2.24, 2.45) is 5.92 Å². The number of rotatable bonds is 9. The predicted octanol–water partition coefficient (Wildman–Crippen LogP) is 5.68. The normalized spacial score (nSPS) is 15.6. The van der Waals surface area contributed by atoms with Crippen LogP contribution in [0.4, 0.5) is 0 Å². The summed E-state index contributed by atoms with van der Waals surface area (Å²) in [7, 11) is 0.